The summed E-state index contributed by atoms with van der Waals surface area (Å²) in [7, 11) is 3.88. The zero-order valence-corrected chi connectivity index (χ0v) is 22.8. The first-order valence-corrected chi connectivity index (χ1v) is 13.5. The molecular formula is C28H34N6O3S. The first kappa shape index (κ1) is 27.1. The third-order valence-electron chi connectivity index (χ3n) is 6.87. The van der Waals surface area contributed by atoms with Crippen molar-refractivity contribution in [3.8, 4) is 0 Å². The zero-order valence-electron chi connectivity index (χ0n) is 21.9. The van der Waals surface area contributed by atoms with E-state index in [4.69, 9.17) is 11.5 Å². The highest BCUT2D eigenvalue weighted by Crippen LogP contribution is 2.34. The van der Waals surface area contributed by atoms with Gasteiger partial charge in [0.2, 0.25) is 5.91 Å². The number of hydrogen-bond donors (Lipinski definition) is 3. The Morgan fingerprint density at radius 3 is 2.13 bits per heavy atom. The fraction of sp³-hybridized carbons (Fsp3) is 0.357. The Hall–Kier alpha value is -3.92. The number of anilines is 3. The van der Waals surface area contributed by atoms with Gasteiger partial charge in [0.05, 0.1) is 5.69 Å². The van der Waals surface area contributed by atoms with Crippen LogP contribution in [-0.2, 0) is 4.79 Å². The van der Waals surface area contributed by atoms with E-state index in [1.54, 1.807) is 12.1 Å². The standard InChI is InChI=1S/C28H34N6O3S/c1-17-9-13-21(14-10-17)34(28(37)25-22(29)23(26(30)35)32-38-25)24(18-11-15-20(16-12-18)33(2)3)27(36)31-19-7-5-4-6-8-19/h9-16,19,24H,4-8,29H2,1-3H3,(H2,30,35)(H,31,36). The average molecular weight is 535 g/mol. The summed E-state index contributed by atoms with van der Waals surface area (Å²) in [5.74, 6) is -1.62. The smallest absolute Gasteiger partial charge is 0.273 e. The molecule has 1 aliphatic rings. The lowest BCUT2D eigenvalue weighted by Gasteiger charge is -2.33. The average Bonchev–Trinajstić information content (AvgIpc) is 3.29. The normalized spacial score (nSPS) is 14.5. The third-order valence-corrected chi connectivity index (χ3v) is 7.72. The second kappa shape index (κ2) is 11.6. The van der Waals surface area contributed by atoms with Gasteiger partial charge in [-0.1, -0.05) is 49.1 Å². The van der Waals surface area contributed by atoms with Gasteiger partial charge in [-0.3, -0.25) is 19.3 Å². The Bertz CT molecular complexity index is 1300. The van der Waals surface area contributed by atoms with Crippen LogP contribution in [0.5, 0.6) is 0 Å². The summed E-state index contributed by atoms with van der Waals surface area (Å²) in [6, 6.07) is 14.0. The number of benzene rings is 2. The van der Waals surface area contributed by atoms with Crippen LogP contribution >= 0.6 is 11.5 Å². The largest absolute Gasteiger partial charge is 0.395 e. The quantitative estimate of drug-likeness (QED) is 0.399. The summed E-state index contributed by atoms with van der Waals surface area (Å²) in [4.78, 5) is 43.4. The van der Waals surface area contributed by atoms with E-state index < -0.39 is 17.9 Å². The number of nitrogen functional groups attached to an aromatic ring is 1. The number of aryl methyl sites for hydroxylation is 1. The third kappa shape index (κ3) is 5.80. The van der Waals surface area contributed by atoms with Crippen LogP contribution in [-0.4, -0.2) is 42.2 Å². The molecule has 0 radical (unpaired) electrons. The molecule has 200 valence electrons. The molecule has 5 N–H and O–H groups in total. The van der Waals surface area contributed by atoms with Gasteiger partial charge in [0, 0.05) is 31.5 Å². The Balaban J connectivity index is 1.84. The van der Waals surface area contributed by atoms with Gasteiger partial charge in [-0.05, 0) is 61.1 Å². The highest BCUT2D eigenvalue weighted by molar-refractivity contribution is 7.09. The van der Waals surface area contributed by atoms with Crippen LogP contribution in [0.4, 0.5) is 17.1 Å². The molecule has 1 aliphatic carbocycles. The zero-order chi connectivity index (χ0) is 27.4. The van der Waals surface area contributed by atoms with Gasteiger partial charge in [0.25, 0.3) is 11.8 Å². The minimum atomic E-state index is -0.984. The summed E-state index contributed by atoms with van der Waals surface area (Å²) in [5, 5.41) is 3.20. The number of hydrogen-bond acceptors (Lipinski definition) is 7. The Morgan fingerprint density at radius 1 is 0.974 bits per heavy atom. The van der Waals surface area contributed by atoms with Gasteiger partial charge in [0.15, 0.2) is 5.69 Å². The second-order valence-electron chi connectivity index (χ2n) is 9.88. The molecule has 1 fully saturated rings. The lowest BCUT2D eigenvalue weighted by molar-refractivity contribution is -0.123. The first-order chi connectivity index (χ1) is 18.2. The van der Waals surface area contributed by atoms with Crippen LogP contribution in [0.15, 0.2) is 48.5 Å². The van der Waals surface area contributed by atoms with Crippen molar-refractivity contribution in [1.82, 2.24) is 9.69 Å². The van der Waals surface area contributed by atoms with Crippen molar-refractivity contribution in [2.75, 3.05) is 29.6 Å². The number of nitrogens with zero attached hydrogens (tertiary/aromatic N) is 3. The van der Waals surface area contributed by atoms with E-state index in [1.807, 2.05) is 62.3 Å². The molecule has 0 saturated heterocycles. The molecule has 0 aliphatic heterocycles. The van der Waals surface area contributed by atoms with E-state index >= 15 is 0 Å². The number of carbonyl (C=O) groups excluding carboxylic acids is 3. The van der Waals surface area contributed by atoms with Crippen molar-refractivity contribution in [2.45, 2.75) is 51.1 Å². The summed E-state index contributed by atoms with van der Waals surface area (Å²) < 4.78 is 4.02. The molecule has 3 amide bonds. The van der Waals surface area contributed by atoms with Gasteiger partial charge in [0.1, 0.15) is 10.9 Å². The molecule has 2 aromatic carbocycles. The van der Waals surface area contributed by atoms with Gasteiger partial charge in [-0.2, -0.15) is 4.37 Å². The van der Waals surface area contributed by atoms with E-state index in [0.29, 0.717) is 11.3 Å². The fourth-order valence-corrected chi connectivity index (χ4v) is 5.47. The molecule has 0 spiro atoms. The van der Waals surface area contributed by atoms with Crippen LogP contribution in [0.2, 0.25) is 0 Å². The van der Waals surface area contributed by atoms with E-state index in [-0.39, 0.29) is 28.2 Å². The molecule has 1 heterocycles. The maximum atomic E-state index is 14.1. The number of aromatic nitrogens is 1. The topological polar surface area (TPSA) is 135 Å². The molecule has 4 rings (SSSR count). The Morgan fingerprint density at radius 2 is 1.58 bits per heavy atom. The second-order valence-corrected chi connectivity index (χ2v) is 10.7. The van der Waals surface area contributed by atoms with Crippen molar-refractivity contribution in [3.63, 3.8) is 0 Å². The van der Waals surface area contributed by atoms with Gasteiger partial charge >= 0.3 is 0 Å². The van der Waals surface area contributed by atoms with Crippen LogP contribution in [0.3, 0.4) is 0 Å². The maximum absolute atomic E-state index is 14.1. The summed E-state index contributed by atoms with van der Waals surface area (Å²) in [6.45, 7) is 1.95. The van der Waals surface area contributed by atoms with Gasteiger partial charge < -0.3 is 21.7 Å². The predicted molar refractivity (Wildman–Crippen MR) is 152 cm³/mol. The lowest BCUT2D eigenvalue weighted by atomic mass is 9.94. The molecule has 0 bridgehead atoms. The Labute approximate surface area is 227 Å². The van der Waals surface area contributed by atoms with Crippen molar-refractivity contribution in [1.29, 1.82) is 0 Å². The van der Waals surface area contributed by atoms with Gasteiger partial charge in [-0.15, -0.1) is 0 Å². The molecule has 1 aromatic heterocycles. The number of primary amides is 1. The van der Waals surface area contributed by atoms with Crippen LogP contribution < -0.4 is 26.6 Å². The minimum absolute atomic E-state index is 0.0460. The molecular weight excluding hydrogens is 500 g/mol. The van der Waals surface area contributed by atoms with Crippen molar-refractivity contribution >= 4 is 46.3 Å². The molecule has 9 nitrogen and oxygen atoms in total. The number of rotatable bonds is 8. The fourth-order valence-electron chi connectivity index (χ4n) is 4.73. The van der Waals surface area contributed by atoms with E-state index in [9.17, 15) is 14.4 Å². The SMILES string of the molecule is Cc1ccc(N(C(=O)c2snc(C(N)=O)c2N)C(C(=O)NC2CCCCC2)c2ccc(N(C)C)cc2)cc1. The molecule has 1 unspecified atom stereocenters. The molecule has 1 saturated carbocycles. The lowest BCUT2D eigenvalue weighted by Crippen LogP contribution is -2.47. The van der Waals surface area contributed by atoms with Crippen LogP contribution in [0, 0.1) is 6.92 Å². The number of amides is 3. The van der Waals surface area contributed by atoms with E-state index in [1.165, 1.54) is 4.90 Å². The highest BCUT2D eigenvalue weighted by atomic mass is 32.1. The van der Waals surface area contributed by atoms with Crippen LogP contribution in [0.1, 0.15) is 69.4 Å². The first-order valence-electron chi connectivity index (χ1n) is 12.7. The van der Waals surface area contributed by atoms with Crippen molar-refractivity contribution < 1.29 is 14.4 Å². The molecule has 3 aromatic rings. The minimum Gasteiger partial charge on any atom is -0.395 e. The van der Waals surface area contributed by atoms with Crippen LogP contribution in [0.25, 0.3) is 0 Å². The summed E-state index contributed by atoms with van der Waals surface area (Å²) in [6.07, 6.45) is 5.07. The number of nitrogens with two attached hydrogens (primary N) is 2. The Kier molecular flexibility index (Phi) is 8.31. The summed E-state index contributed by atoms with van der Waals surface area (Å²) >= 11 is 0.800. The predicted octanol–water partition coefficient (Wildman–Crippen LogP) is 4.04. The molecule has 10 heteroatoms. The maximum Gasteiger partial charge on any atom is 0.273 e. The molecule has 1 atom stereocenters. The van der Waals surface area contributed by atoms with Crippen molar-refractivity contribution in [3.05, 3.63) is 70.2 Å². The highest BCUT2D eigenvalue weighted by Gasteiger charge is 2.37. The molecule has 38 heavy (non-hydrogen) atoms. The number of carbonyl (C=O) groups is 3. The van der Waals surface area contributed by atoms with Crippen molar-refractivity contribution in [2.24, 2.45) is 5.73 Å². The summed E-state index contributed by atoms with van der Waals surface area (Å²) in [5.41, 5.74) is 14.5. The number of nitrogens with one attached hydrogen (secondary N) is 1. The van der Waals surface area contributed by atoms with E-state index in [0.717, 1.165) is 54.9 Å². The van der Waals surface area contributed by atoms with E-state index in [2.05, 4.69) is 9.69 Å². The van der Waals surface area contributed by atoms with Gasteiger partial charge in [-0.25, -0.2) is 0 Å². The monoisotopic (exact) mass is 534 g/mol.